The topological polar surface area (TPSA) is 66.9 Å². The maximum atomic E-state index is 10.1. The van der Waals surface area contributed by atoms with E-state index in [1.165, 1.54) is 18.4 Å². The lowest BCUT2D eigenvalue weighted by Crippen LogP contribution is -2.18. The highest BCUT2D eigenvalue weighted by Gasteiger charge is 2.16. The molecule has 1 heterocycles. The van der Waals surface area contributed by atoms with Gasteiger partial charge in [0.05, 0.1) is 5.69 Å². The molecule has 5 nitrogen and oxygen atoms in total. The molecule has 0 saturated heterocycles. The van der Waals surface area contributed by atoms with Crippen molar-refractivity contribution in [3.63, 3.8) is 0 Å². The molecular formula is C12H17ClN4O. The summed E-state index contributed by atoms with van der Waals surface area (Å²) in [6, 6.07) is 0. The van der Waals surface area contributed by atoms with E-state index in [-0.39, 0.29) is 0 Å². The van der Waals surface area contributed by atoms with Crippen molar-refractivity contribution in [2.24, 2.45) is 0 Å². The first-order valence-corrected chi connectivity index (χ1v) is 6.65. The van der Waals surface area contributed by atoms with Crippen molar-refractivity contribution in [3.8, 4) is 0 Å². The molecule has 1 aromatic heterocycles. The summed E-state index contributed by atoms with van der Waals surface area (Å²) in [6.45, 7) is 1.43. The Morgan fingerprint density at radius 3 is 2.89 bits per heavy atom. The Morgan fingerprint density at radius 2 is 2.06 bits per heavy atom. The van der Waals surface area contributed by atoms with Crippen LogP contribution in [0.1, 0.15) is 30.5 Å². The Bertz CT molecular complexity index is 425. The molecule has 2 N–H and O–H groups in total. The molecule has 1 aliphatic rings. The number of hydrogen-bond donors (Lipinski definition) is 2. The first-order chi connectivity index (χ1) is 8.81. The zero-order chi connectivity index (χ0) is 12.8. The minimum absolute atomic E-state index is 0.309. The number of halogens is 1. The van der Waals surface area contributed by atoms with Gasteiger partial charge in [-0.2, -0.15) is 0 Å². The third kappa shape index (κ3) is 3.32. The molecule has 0 unspecified atom stereocenters. The number of fused-ring (bicyclic) bond motifs is 1. The number of aryl methyl sites for hydroxylation is 1. The third-order valence-electron chi connectivity index (χ3n) is 3.03. The Balaban J connectivity index is 1.98. The van der Waals surface area contributed by atoms with Crippen LogP contribution in [0.2, 0.25) is 5.28 Å². The van der Waals surface area contributed by atoms with Gasteiger partial charge in [-0.05, 0) is 43.7 Å². The number of hydrogen-bond acceptors (Lipinski definition) is 4. The largest absolute Gasteiger partial charge is 0.370 e. The monoisotopic (exact) mass is 268 g/mol. The van der Waals surface area contributed by atoms with Gasteiger partial charge < -0.3 is 10.6 Å². The quantitative estimate of drug-likeness (QED) is 0.467. The van der Waals surface area contributed by atoms with Gasteiger partial charge in [-0.25, -0.2) is 9.97 Å². The molecule has 0 spiro atoms. The van der Waals surface area contributed by atoms with Crippen LogP contribution in [0.3, 0.4) is 0 Å². The fraction of sp³-hybridized carbons (Fsp3) is 0.583. The number of amides is 1. The van der Waals surface area contributed by atoms with Gasteiger partial charge in [-0.15, -0.1) is 0 Å². The molecule has 0 aliphatic heterocycles. The first kappa shape index (κ1) is 13.1. The molecule has 0 bridgehead atoms. The maximum absolute atomic E-state index is 10.1. The second kappa shape index (κ2) is 6.54. The normalized spacial score (nSPS) is 13.8. The molecule has 18 heavy (non-hydrogen) atoms. The zero-order valence-electron chi connectivity index (χ0n) is 10.2. The molecule has 2 rings (SSSR count). The van der Waals surface area contributed by atoms with Crippen LogP contribution in [-0.2, 0) is 17.6 Å². The molecule has 0 aromatic carbocycles. The summed E-state index contributed by atoms with van der Waals surface area (Å²) in [6.07, 6.45) is 5.92. The highest BCUT2D eigenvalue weighted by Crippen LogP contribution is 2.26. The van der Waals surface area contributed by atoms with E-state index < -0.39 is 0 Å². The van der Waals surface area contributed by atoms with Gasteiger partial charge >= 0.3 is 0 Å². The van der Waals surface area contributed by atoms with Crippen molar-refractivity contribution < 1.29 is 4.79 Å². The van der Waals surface area contributed by atoms with Crippen LogP contribution in [0.25, 0.3) is 0 Å². The number of aromatic nitrogens is 2. The van der Waals surface area contributed by atoms with E-state index in [0.29, 0.717) is 18.2 Å². The van der Waals surface area contributed by atoms with Gasteiger partial charge in [-0.3, -0.25) is 4.79 Å². The molecule has 1 aromatic rings. The van der Waals surface area contributed by atoms with E-state index in [0.717, 1.165) is 37.3 Å². The third-order valence-corrected chi connectivity index (χ3v) is 3.20. The second-order valence-electron chi connectivity index (χ2n) is 4.33. The number of anilines is 1. The number of carbonyl (C=O) groups excluding carboxylic acids is 1. The van der Waals surface area contributed by atoms with Gasteiger partial charge in [0.15, 0.2) is 0 Å². The van der Waals surface area contributed by atoms with Crippen molar-refractivity contribution in [2.45, 2.75) is 32.1 Å². The van der Waals surface area contributed by atoms with E-state index in [9.17, 15) is 4.79 Å². The summed E-state index contributed by atoms with van der Waals surface area (Å²) in [5.74, 6) is 0.857. The van der Waals surface area contributed by atoms with Crippen LogP contribution in [0.5, 0.6) is 0 Å². The second-order valence-corrected chi connectivity index (χ2v) is 4.66. The Morgan fingerprint density at radius 1 is 1.22 bits per heavy atom. The Hall–Kier alpha value is -1.36. The summed E-state index contributed by atoms with van der Waals surface area (Å²) < 4.78 is 0. The summed E-state index contributed by atoms with van der Waals surface area (Å²) in [5, 5.41) is 6.22. The van der Waals surface area contributed by atoms with Crippen molar-refractivity contribution in [3.05, 3.63) is 16.5 Å². The van der Waals surface area contributed by atoms with E-state index in [1.807, 2.05) is 0 Å². The number of nitrogens with zero attached hydrogens (tertiary/aromatic N) is 2. The van der Waals surface area contributed by atoms with Crippen LogP contribution in [-0.4, -0.2) is 29.5 Å². The molecule has 6 heteroatoms. The highest BCUT2D eigenvalue weighted by molar-refractivity contribution is 6.28. The fourth-order valence-electron chi connectivity index (χ4n) is 2.17. The first-order valence-electron chi connectivity index (χ1n) is 6.27. The smallest absolute Gasteiger partial charge is 0.224 e. The molecule has 0 fully saturated rings. The number of carbonyl (C=O) groups is 1. The molecular weight excluding hydrogens is 252 g/mol. The highest BCUT2D eigenvalue weighted by atomic mass is 35.5. The lowest BCUT2D eigenvalue weighted by molar-refractivity contribution is -0.109. The zero-order valence-corrected chi connectivity index (χ0v) is 11.0. The summed E-state index contributed by atoms with van der Waals surface area (Å²) >= 11 is 5.92. The molecule has 0 atom stereocenters. The SMILES string of the molecule is O=CNCCCNc1nc(Cl)nc2c1CCCC2. The summed E-state index contributed by atoms with van der Waals surface area (Å²) in [4.78, 5) is 18.6. The minimum Gasteiger partial charge on any atom is -0.370 e. The van der Waals surface area contributed by atoms with E-state index in [2.05, 4.69) is 20.6 Å². The lowest BCUT2D eigenvalue weighted by atomic mass is 9.96. The fourth-order valence-corrected chi connectivity index (χ4v) is 2.35. The molecule has 0 saturated carbocycles. The van der Waals surface area contributed by atoms with E-state index >= 15 is 0 Å². The van der Waals surface area contributed by atoms with E-state index in [4.69, 9.17) is 11.6 Å². The predicted molar refractivity (Wildman–Crippen MR) is 70.9 cm³/mol. The summed E-state index contributed by atoms with van der Waals surface area (Å²) in [5.41, 5.74) is 2.28. The number of rotatable bonds is 6. The van der Waals surface area contributed by atoms with Gasteiger partial charge in [-0.1, -0.05) is 0 Å². The van der Waals surface area contributed by atoms with Crippen molar-refractivity contribution in [1.82, 2.24) is 15.3 Å². The standard InChI is InChI=1S/C12H17ClN4O/c13-12-16-10-5-2-1-4-9(10)11(17-12)15-7-3-6-14-8-18/h8H,1-7H2,(H,14,18)(H,15,16,17). The average molecular weight is 269 g/mol. The molecule has 0 radical (unpaired) electrons. The van der Waals surface area contributed by atoms with Crippen molar-refractivity contribution >= 4 is 23.8 Å². The van der Waals surface area contributed by atoms with Gasteiger partial charge in [0.2, 0.25) is 11.7 Å². The predicted octanol–water partition coefficient (Wildman–Crippen LogP) is 1.56. The average Bonchev–Trinajstić information content (AvgIpc) is 2.38. The van der Waals surface area contributed by atoms with Crippen LogP contribution in [0, 0.1) is 0 Å². The van der Waals surface area contributed by atoms with Crippen LogP contribution >= 0.6 is 11.6 Å². The van der Waals surface area contributed by atoms with Crippen molar-refractivity contribution in [2.75, 3.05) is 18.4 Å². The van der Waals surface area contributed by atoms with E-state index in [1.54, 1.807) is 0 Å². The van der Waals surface area contributed by atoms with Crippen LogP contribution in [0.15, 0.2) is 0 Å². The van der Waals surface area contributed by atoms with Gasteiger partial charge in [0, 0.05) is 18.7 Å². The van der Waals surface area contributed by atoms with Gasteiger partial charge in [0.1, 0.15) is 5.82 Å². The van der Waals surface area contributed by atoms with Gasteiger partial charge in [0.25, 0.3) is 0 Å². The van der Waals surface area contributed by atoms with Crippen LogP contribution in [0.4, 0.5) is 5.82 Å². The Kier molecular flexibility index (Phi) is 4.75. The minimum atomic E-state index is 0.309. The summed E-state index contributed by atoms with van der Waals surface area (Å²) in [7, 11) is 0. The number of nitrogens with one attached hydrogen (secondary N) is 2. The maximum Gasteiger partial charge on any atom is 0.224 e. The molecule has 1 aliphatic carbocycles. The lowest BCUT2D eigenvalue weighted by Gasteiger charge is -2.18. The Labute approximate surface area is 111 Å². The molecule has 98 valence electrons. The van der Waals surface area contributed by atoms with Crippen LogP contribution < -0.4 is 10.6 Å². The van der Waals surface area contributed by atoms with Crippen molar-refractivity contribution in [1.29, 1.82) is 0 Å². The molecule has 1 amide bonds.